The van der Waals surface area contributed by atoms with E-state index >= 15 is 0 Å². The molecule has 1 aliphatic rings. The molecule has 0 spiro atoms. The maximum Gasteiger partial charge on any atom is 0.421 e. The highest BCUT2D eigenvalue weighted by atomic mass is 32.1. The summed E-state index contributed by atoms with van der Waals surface area (Å²) in [7, 11) is 0. The molecule has 10 nitrogen and oxygen atoms in total. The van der Waals surface area contributed by atoms with Crippen molar-refractivity contribution in [2.24, 2.45) is 5.73 Å². The third-order valence-corrected chi connectivity index (χ3v) is 5.63. The Morgan fingerprint density at radius 3 is 2.50 bits per heavy atom. The average molecular weight is 493 g/mol. The van der Waals surface area contributed by atoms with Gasteiger partial charge in [-0.1, -0.05) is 0 Å². The number of primary amides is 1. The summed E-state index contributed by atoms with van der Waals surface area (Å²) in [5.41, 5.74) is 4.18. The summed E-state index contributed by atoms with van der Waals surface area (Å²) in [5.74, 6) is -2.24. The molecule has 178 valence electrons. The first kappa shape index (κ1) is 23.4. The van der Waals surface area contributed by atoms with Crippen LogP contribution in [0, 0.1) is 0 Å². The predicted molar refractivity (Wildman–Crippen MR) is 119 cm³/mol. The van der Waals surface area contributed by atoms with E-state index in [-0.39, 0.29) is 16.5 Å². The molecule has 4 heterocycles. The van der Waals surface area contributed by atoms with Crippen LogP contribution in [0.1, 0.15) is 15.9 Å². The number of thiophene rings is 1. The van der Waals surface area contributed by atoms with Crippen molar-refractivity contribution in [2.45, 2.75) is 6.18 Å². The van der Waals surface area contributed by atoms with E-state index in [2.05, 4.69) is 30.5 Å². The number of aromatic nitrogens is 3. The van der Waals surface area contributed by atoms with Gasteiger partial charge in [-0.2, -0.15) is 18.2 Å². The van der Waals surface area contributed by atoms with Gasteiger partial charge in [0.15, 0.2) is 0 Å². The normalized spacial score (nSPS) is 14.0. The number of alkyl halides is 3. The van der Waals surface area contributed by atoms with E-state index in [1.165, 1.54) is 17.6 Å². The Labute approximate surface area is 195 Å². The fraction of sp³-hybridized carbons (Fsp3) is 0.250. The minimum Gasteiger partial charge on any atom is -0.378 e. The molecular formula is C20H18F3N7O3S. The molecule has 0 bridgehead atoms. The Kier molecular flexibility index (Phi) is 6.61. The number of nitrogens with one attached hydrogen (secondary N) is 2. The Balaban J connectivity index is 1.58. The second-order valence-electron chi connectivity index (χ2n) is 7.06. The fourth-order valence-corrected chi connectivity index (χ4v) is 3.92. The van der Waals surface area contributed by atoms with Crippen LogP contribution in [0.2, 0.25) is 0 Å². The number of morpholine rings is 1. The largest absolute Gasteiger partial charge is 0.421 e. The molecule has 0 saturated carbocycles. The molecule has 0 unspecified atom stereocenters. The number of anilines is 5. The van der Waals surface area contributed by atoms with E-state index in [0.717, 1.165) is 17.2 Å². The number of ketones is 1. The first-order valence-corrected chi connectivity index (χ1v) is 10.8. The summed E-state index contributed by atoms with van der Waals surface area (Å²) >= 11 is 0.923. The van der Waals surface area contributed by atoms with Gasteiger partial charge in [-0.3, -0.25) is 9.59 Å². The standard InChI is InChI=1S/C20H18F3N7O3S/c21-20(22,23)13-10-26-19(27-11-1-2-14(25-9-11)30-4-6-33-7-5-30)29-17(13)28-18-12(3-8-34-18)15(31)16(24)32/h1-3,8-10H,4-7H2,(H2,24,32)(H2,26,27,28,29). The summed E-state index contributed by atoms with van der Waals surface area (Å²) in [6.45, 7) is 2.63. The Morgan fingerprint density at radius 1 is 1.09 bits per heavy atom. The van der Waals surface area contributed by atoms with E-state index in [1.807, 2.05) is 0 Å². The number of rotatable bonds is 7. The summed E-state index contributed by atoms with van der Waals surface area (Å²) in [5, 5.41) is 6.74. The Bertz CT molecular complexity index is 1190. The lowest BCUT2D eigenvalue weighted by Crippen LogP contribution is -2.36. The van der Waals surface area contributed by atoms with Crippen molar-refractivity contribution in [3.05, 3.63) is 47.1 Å². The summed E-state index contributed by atoms with van der Waals surface area (Å²) in [6.07, 6.45) is -2.63. The Morgan fingerprint density at radius 2 is 1.85 bits per heavy atom. The van der Waals surface area contributed by atoms with Crippen LogP contribution >= 0.6 is 11.3 Å². The van der Waals surface area contributed by atoms with Gasteiger partial charge >= 0.3 is 6.18 Å². The smallest absolute Gasteiger partial charge is 0.378 e. The average Bonchev–Trinajstić information content (AvgIpc) is 3.27. The molecule has 0 aromatic carbocycles. The fourth-order valence-electron chi connectivity index (χ4n) is 3.14. The first-order chi connectivity index (χ1) is 16.2. The van der Waals surface area contributed by atoms with Gasteiger partial charge < -0.3 is 26.0 Å². The lowest BCUT2D eigenvalue weighted by Gasteiger charge is -2.27. The maximum absolute atomic E-state index is 13.5. The van der Waals surface area contributed by atoms with Crippen LogP contribution < -0.4 is 21.3 Å². The van der Waals surface area contributed by atoms with Gasteiger partial charge in [0.2, 0.25) is 5.95 Å². The zero-order chi connectivity index (χ0) is 24.3. The van der Waals surface area contributed by atoms with Gasteiger partial charge in [0.1, 0.15) is 22.2 Å². The second-order valence-corrected chi connectivity index (χ2v) is 7.98. The van der Waals surface area contributed by atoms with Crippen molar-refractivity contribution in [3.63, 3.8) is 0 Å². The number of halogens is 3. The number of hydrogen-bond donors (Lipinski definition) is 3. The monoisotopic (exact) mass is 493 g/mol. The number of nitrogens with two attached hydrogens (primary N) is 1. The van der Waals surface area contributed by atoms with Gasteiger partial charge in [0.25, 0.3) is 11.7 Å². The number of ether oxygens (including phenoxy) is 1. The van der Waals surface area contributed by atoms with Crippen molar-refractivity contribution in [3.8, 4) is 0 Å². The number of Topliss-reactive ketones (excluding diaryl/α,β-unsaturated/α-hetero) is 1. The summed E-state index contributed by atoms with van der Waals surface area (Å²) in [4.78, 5) is 37.3. The van der Waals surface area contributed by atoms with Crippen molar-refractivity contribution in [1.29, 1.82) is 0 Å². The SMILES string of the molecule is NC(=O)C(=O)c1ccsc1Nc1nc(Nc2ccc(N3CCOCC3)nc2)ncc1C(F)(F)F. The highest BCUT2D eigenvalue weighted by Crippen LogP contribution is 2.37. The highest BCUT2D eigenvalue weighted by Gasteiger charge is 2.36. The molecule has 3 aromatic heterocycles. The van der Waals surface area contributed by atoms with E-state index in [4.69, 9.17) is 10.5 Å². The number of carbonyl (C=O) groups is 2. The minimum absolute atomic E-state index is 0.00418. The predicted octanol–water partition coefficient (Wildman–Crippen LogP) is 2.94. The van der Waals surface area contributed by atoms with Crippen molar-refractivity contribution >= 4 is 51.3 Å². The molecule has 1 amide bonds. The van der Waals surface area contributed by atoms with E-state index in [9.17, 15) is 22.8 Å². The van der Waals surface area contributed by atoms with Gasteiger partial charge in [-0.05, 0) is 23.6 Å². The molecule has 1 fully saturated rings. The first-order valence-electron chi connectivity index (χ1n) is 9.91. The number of pyridine rings is 1. The number of amides is 1. The summed E-state index contributed by atoms with van der Waals surface area (Å²) < 4.78 is 45.9. The third-order valence-electron chi connectivity index (χ3n) is 4.80. The molecule has 3 aromatic rings. The lowest BCUT2D eigenvalue weighted by atomic mass is 10.2. The maximum atomic E-state index is 13.5. The van der Waals surface area contributed by atoms with Crippen LogP contribution in [0.25, 0.3) is 0 Å². The van der Waals surface area contributed by atoms with Crippen molar-refractivity contribution < 1.29 is 27.5 Å². The molecule has 1 saturated heterocycles. The number of nitrogens with zero attached hydrogens (tertiary/aromatic N) is 4. The molecule has 0 atom stereocenters. The zero-order valence-electron chi connectivity index (χ0n) is 17.4. The van der Waals surface area contributed by atoms with Crippen LogP contribution in [-0.2, 0) is 15.7 Å². The van der Waals surface area contributed by atoms with Gasteiger partial charge in [-0.15, -0.1) is 11.3 Å². The third kappa shape index (κ3) is 5.23. The molecular weight excluding hydrogens is 475 g/mol. The number of hydrogen-bond acceptors (Lipinski definition) is 10. The van der Waals surface area contributed by atoms with E-state index in [1.54, 1.807) is 12.1 Å². The van der Waals surface area contributed by atoms with E-state index < -0.39 is 29.2 Å². The lowest BCUT2D eigenvalue weighted by molar-refractivity contribution is -0.137. The van der Waals surface area contributed by atoms with Crippen LogP contribution in [0.4, 0.5) is 41.4 Å². The summed E-state index contributed by atoms with van der Waals surface area (Å²) in [6, 6.07) is 4.76. The zero-order valence-corrected chi connectivity index (χ0v) is 18.2. The van der Waals surface area contributed by atoms with Crippen molar-refractivity contribution in [2.75, 3.05) is 41.8 Å². The van der Waals surface area contributed by atoms with Crippen LogP contribution in [0.5, 0.6) is 0 Å². The van der Waals surface area contributed by atoms with Crippen LogP contribution in [-0.4, -0.2) is 52.9 Å². The van der Waals surface area contributed by atoms with Gasteiger partial charge in [0.05, 0.1) is 30.7 Å². The molecule has 4 rings (SSSR count). The molecule has 0 radical (unpaired) electrons. The van der Waals surface area contributed by atoms with Crippen molar-refractivity contribution in [1.82, 2.24) is 15.0 Å². The van der Waals surface area contributed by atoms with Gasteiger partial charge in [-0.25, -0.2) is 9.97 Å². The molecule has 1 aliphatic heterocycles. The van der Waals surface area contributed by atoms with Crippen LogP contribution in [0.3, 0.4) is 0 Å². The molecule has 0 aliphatic carbocycles. The van der Waals surface area contributed by atoms with Gasteiger partial charge in [0, 0.05) is 19.3 Å². The highest BCUT2D eigenvalue weighted by molar-refractivity contribution is 7.14. The molecule has 34 heavy (non-hydrogen) atoms. The van der Waals surface area contributed by atoms with Crippen LogP contribution in [0.15, 0.2) is 36.0 Å². The quantitative estimate of drug-likeness (QED) is 0.335. The molecule has 4 N–H and O–H groups in total. The van der Waals surface area contributed by atoms with E-state index in [0.29, 0.717) is 38.2 Å². The Hall–Kier alpha value is -3.78. The number of carbonyl (C=O) groups excluding carboxylic acids is 2. The minimum atomic E-state index is -4.77. The molecule has 14 heteroatoms. The second kappa shape index (κ2) is 9.61. The topological polar surface area (TPSA) is 135 Å².